The highest BCUT2D eigenvalue weighted by Crippen LogP contribution is 2.29. The van der Waals surface area contributed by atoms with Crippen LogP contribution in [0.5, 0.6) is 0 Å². The highest BCUT2D eigenvalue weighted by Gasteiger charge is 2.24. The van der Waals surface area contributed by atoms with E-state index in [1.807, 2.05) is 0 Å². The SMILES string of the molecule is O=C(CCC1CCNCC1)NCC1CCCCC1CO. The van der Waals surface area contributed by atoms with Gasteiger partial charge >= 0.3 is 0 Å². The van der Waals surface area contributed by atoms with Crippen molar-refractivity contribution in [2.24, 2.45) is 17.8 Å². The van der Waals surface area contributed by atoms with Gasteiger partial charge in [-0.25, -0.2) is 0 Å². The van der Waals surface area contributed by atoms with Gasteiger partial charge in [-0.3, -0.25) is 4.79 Å². The number of hydrogen-bond donors (Lipinski definition) is 3. The molecular formula is C16H30N2O2. The van der Waals surface area contributed by atoms with Crippen molar-refractivity contribution < 1.29 is 9.90 Å². The minimum Gasteiger partial charge on any atom is -0.396 e. The lowest BCUT2D eigenvalue weighted by Crippen LogP contribution is -2.36. The van der Waals surface area contributed by atoms with Crippen LogP contribution in [0.25, 0.3) is 0 Å². The van der Waals surface area contributed by atoms with Crippen molar-refractivity contribution in [3.05, 3.63) is 0 Å². The summed E-state index contributed by atoms with van der Waals surface area (Å²) in [5.74, 6) is 1.80. The zero-order valence-electron chi connectivity index (χ0n) is 12.6. The molecule has 20 heavy (non-hydrogen) atoms. The van der Waals surface area contributed by atoms with E-state index in [2.05, 4.69) is 10.6 Å². The van der Waals surface area contributed by atoms with Gasteiger partial charge in [-0.05, 0) is 62.9 Å². The number of aliphatic hydroxyl groups excluding tert-OH is 1. The molecule has 1 aliphatic heterocycles. The van der Waals surface area contributed by atoms with Crippen molar-refractivity contribution in [1.29, 1.82) is 0 Å². The van der Waals surface area contributed by atoms with Crippen molar-refractivity contribution in [3.63, 3.8) is 0 Å². The molecule has 0 bridgehead atoms. The lowest BCUT2D eigenvalue weighted by atomic mass is 9.79. The molecule has 2 fully saturated rings. The lowest BCUT2D eigenvalue weighted by molar-refractivity contribution is -0.121. The summed E-state index contributed by atoms with van der Waals surface area (Å²) in [5.41, 5.74) is 0. The smallest absolute Gasteiger partial charge is 0.220 e. The first kappa shape index (κ1) is 15.8. The summed E-state index contributed by atoms with van der Waals surface area (Å²) in [6.45, 7) is 3.24. The standard InChI is InChI=1S/C16H30N2O2/c19-12-15-4-2-1-3-14(15)11-18-16(20)6-5-13-7-9-17-10-8-13/h13-15,17,19H,1-12H2,(H,18,20). The van der Waals surface area contributed by atoms with Crippen LogP contribution in [0, 0.1) is 17.8 Å². The summed E-state index contributed by atoms with van der Waals surface area (Å²) < 4.78 is 0. The quantitative estimate of drug-likeness (QED) is 0.694. The topological polar surface area (TPSA) is 61.4 Å². The Hall–Kier alpha value is -0.610. The van der Waals surface area contributed by atoms with Crippen molar-refractivity contribution >= 4 is 5.91 Å². The Labute approximate surface area is 122 Å². The Bertz CT molecular complexity index is 290. The summed E-state index contributed by atoms with van der Waals surface area (Å²) >= 11 is 0. The van der Waals surface area contributed by atoms with Crippen LogP contribution < -0.4 is 10.6 Å². The molecule has 1 aliphatic carbocycles. The van der Waals surface area contributed by atoms with E-state index in [1.165, 1.54) is 25.7 Å². The van der Waals surface area contributed by atoms with E-state index in [4.69, 9.17) is 0 Å². The number of nitrogens with one attached hydrogen (secondary N) is 2. The van der Waals surface area contributed by atoms with Gasteiger partial charge in [0.25, 0.3) is 0 Å². The summed E-state index contributed by atoms with van der Waals surface area (Å²) in [6, 6.07) is 0. The molecule has 1 saturated heterocycles. The minimum atomic E-state index is 0.200. The first-order valence-electron chi connectivity index (χ1n) is 8.38. The number of amides is 1. The Morgan fingerprint density at radius 3 is 2.50 bits per heavy atom. The molecule has 1 saturated carbocycles. The van der Waals surface area contributed by atoms with Gasteiger partial charge in [0.15, 0.2) is 0 Å². The Balaban J connectivity index is 1.61. The van der Waals surface area contributed by atoms with Crippen LogP contribution in [0.4, 0.5) is 0 Å². The molecule has 4 nitrogen and oxygen atoms in total. The third-order valence-electron chi connectivity index (χ3n) is 5.10. The summed E-state index contributed by atoms with van der Waals surface area (Å²) in [6.07, 6.45) is 8.86. The van der Waals surface area contributed by atoms with Gasteiger partial charge < -0.3 is 15.7 Å². The number of piperidine rings is 1. The van der Waals surface area contributed by atoms with Crippen molar-refractivity contribution in [2.45, 2.75) is 51.4 Å². The highest BCUT2D eigenvalue weighted by molar-refractivity contribution is 5.75. The average Bonchev–Trinajstić information content (AvgIpc) is 2.52. The molecule has 1 amide bonds. The minimum absolute atomic E-state index is 0.200. The second kappa shape index (κ2) is 8.63. The molecule has 4 heteroatoms. The molecule has 2 atom stereocenters. The molecule has 2 rings (SSSR count). The molecule has 1 heterocycles. The van der Waals surface area contributed by atoms with Crippen LogP contribution in [0.15, 0.2) is 0 Å². The first-order valence-corrected chi connectivity index (χ1v) is 8.38. The van der Waals surface area contributed by atoms with Crippen molar-refractivity contribution in [1.82, 2.24) is 10.6 Å². The van der Waals surface area contributed by atoms with E-state index in [1.54, 1.807) is 0 Å². The van der Waals surface area contributed by atoms with E-state index in [0.29, 0.717) is 18.3 Å². The van der Waals surface area contributed by atoms with E-state index in [0.717, 1.165) is 44.8 Å². The van der Waals surface area contributed by atoms with Crippen LogP contribution in [-0.4, -0.2) is 37.3 Å². The van der Waals surface area contributed by atoms with Crippen LogP contribution >= 0.6 is 0 Å². The van der Waals surface area contributed by atoms with Crippen molar-refractivity contribution in [3.8, 4) is 0 Å². The second-order valence-corrected chi connectivity index (χ2v) is 6.52. The third-order valence-corrected chi connectivity index (χ3v) is 5.10. The number of rotatable bonds is 6. The molecule has 2 unspecified atom stereocenters. The molecule has 0 aromatic carbocycles. The van der Waals surface area contributed by atoms with Gasteiger partial charge in [0, 0.05) is 19.6 Å². The molecule has 2 aliphatic rings. The summed E-state index contributed by atoms with van der Waals surface area (Å²) in [5, 5.41) is 15.8. The molecule has 116 valence electrons. The molecule has 3 N–H and O–H groups in total. The third kappa shape index (κ3) is 5.06. The van der Waals surface area contributed by atoms with Gasteiger partial charge in [0.1, 0.15) is 0 Å². The number of carbonyl (C=O) groups is 1. The fraction of sp³-hybridized carbons (Fsp3) is 0.938. The predicted molar refractivity (Wildman–Crippen MR) is 80.4 cm³/mol. The van der Waals surface area contributed by atoms with E-state index in [-0.39, 0.29) is 12.5 Å². The summed E-state index contributed by atoms with van der Waals surface area (Å²) in [7, 11) is 0. The predicted octanol–water partition coefficient (Wildman–Crippen LogP) is 1.68. The monoisotopic (exact) mass is 282 g/mol. The number of aliphatic hydroxyl groups is 1. The highest BCUT2D eigenvalue weighted by atomic mass is 16.3. The Morgan fingerprint density at radius 1 is 1.10 bits per heavy atom. The van der Waals surface area contributed by atoms with Gasteiger partial charge in [0.05, 0.1) is 0 Å². The van der Waals surface area contributed by atoms with E-state index in [9.17, 15) is 9.90 Å². The van der Waals surface area contributed by atoms with Gasteiger partial charge in [-0.2, -0.15) is 0 Å². The number of hydrogen-bond acceptors (Lipinski definition) is 3. The summed E-state index contributed by atoms with van der Waals surface area (Å²) in [4.78, 5) is 11.9. The van der Waals surface area contributed by atoms with Crippen molar-refractivity contribution in [2.75, 3.05) is 26.2 Å². The van der Waals surface area contributed by atoms with Crippen LogP contribution in [-0.2, 0) is 4.79 Å². The lowest BCUT2D eigenvalue weighted by Gasteiger charge is -2.30. The van der Waals surface area contributed by atoms with Gasteiger partial charge in [-0.1, -0.05) is 12.8 Å². The Kier molecular flexibility index (Phi) is 6.80. The number of carbonyl (C=O) groups excluding carboxylic acids is 1. The van der Waals surface area contributed by atoms with E-state index < -0.39 is 0 Å². The first-order chi connectivity index (χ1) is 9.79. The maximum atomic E-state index is 11.9. The average molecular weight is 282 g/mol. The van der Waals surface area contributed by atoms with Gasteiger partial charge in [-0.15, -0.1) is 0 Å². The molecule has 0 radical (unpaired) electrons. The maximum absolute atomic E-state index is 11.9. The normalized spacial score (nSPS) is 28.2. The largest absolute Gasteiger partial charge is 0.396 e. The molecular weight excluding hydrogens is 252 g/mol. The molecule has 0 spiro atoms. The fourth-order valence-corrected chi connectivity index (χ4v) is 3.63. The zero-order valence-corrected chi connectivity index (χ0v) is 12.6. The second-order valence-electron chi connectivity index (χ2n) is 6.52. The van der Waals surface area contributed by atoms with E-state index >= 15 is 0 Å². The fourth-order valence-electron chi connectivity index (χ4n) is 3.63. The Morgan fingerprint density at radius 2 is 1.80 bits per heavy atom. The maximum Gasteiger partial charge on any atom is 0.220 e. The van der Waals surface area contributed by atoms with Crippen LogP contribution in [0.3, 0.4) is 0 Å². The van der Waals surface area contributed by atoms with Gasteiger partial charge in [0.2, 0.25) is 5.91 Å². The zero-order chi connectivity index (χ0) is 14.2. The molecule has 0 aromatic heterocycles. The van der Waals surface area contributed by atoms with Crippen LogP contribution in [0.1, 0.15) is 51.4 Å². The van der Waals surface area contributed by atoms with Crippen LogP contribution in [0.2, 0.25) is 0 Å². The molecule has 0 aromatic rings.